The van der Waals surface area contributed by atoms with Gasteiger partial charge >= 0.3 is 0 Å². The van der Waals surface area contributed by atoms with Gasteiger partial charge in [-0.3, -0.25) is 0 Å². The first-order chi connectivity index (χ1) is 9.41. The molecular weight excluding hydrogens is 272 g/mol. The standard InChI is InChI=1S/C15H23ClN4/c1-10-6-8-17-15-13(10)18-14(12(3)16)20(15)11(2)7-9-19(4)5/h6,8,11-12H,7,9H2,1-5H3. The van der Waals surface area contributed by atoms with Crippen LogP contribution >= 0.6 is 11.6 Å². The number of imidazole rings is 1. The molecule has 0 aromatic carbocycles. The zero-order valence-electron chi connectivity index (χ0n) is 12.9. The van der Waals surface area contributed by atoms with E-state index in [9.17, 15) is 0 Å². The van der Waals surface area contributed by atoms with Gasteiger partial charge in [0.2, 0.25) is 0 Å². The fraction of sp³-hybridized carbons (Fsp3) is 0.600. The van der Waals surface area contributed by atoms with Crippen LogP contribution in [0.3, 0.4) is 0 Å². The normalized spacial score (nSPS) is 14.9. The lowest BCUT2D eigenvalue weighted by molar-refractivity contribution is 0.357. The van der Waals surface area contributed by atoms with Gasteiger partial charge in [0.05, 0.1) is 5.38 Å². The Hall–Kier alpha value is -1.13. The van der Waals surface area contributed by atoms with Crippen LogP contribution in [0.15, 0.2) is 12.3 Å². The van der Waals surface area contributed by atoms with E-state index in [-0.39, 0.29) is 5.38 Å². The molecule has 0 aliphatic heterocycles. The van der Waals surface area contributed by atoms with Crippen molar-refractivity contribution in [3.63, 3.8) is 0 Å². The summed E-state index contributed by atoms with van der Waals surface area (Å²) in [6.45, 7) is 7.27. The van der Waals surface area contributed by atoms with Crippen LogP contribution in [0.4, 0.5) is 0 Å². The highest BCUT2D eigenvalue weighted by Crippen LogP contribution is 2.29. The third-order valence-electron chi connectivity index (χ3n) is 3.60. The Morgan fingerprint density at radius 1 is 1.35 bits per heavy atom. The molecule has 0 aliphatic carbocycles. The number of aromatic nitrogens is 3. The summed E-state index contributed by atoms with van der Waals surface area (Å²) < 4.78 is 2.20. The SMILES string of the molecule is Cc1ccnc2c1nc(C(C)Cl)n2C(C)CCN(C)C. The van der Waals surface area contributed by atoms with Gasteiger partial charge in [0, 0.05) is 12.2 Å². The minimum absolute atomic E-state index is 0.120. The molecule has 0 saturated heterocycles. The number of hydrogen-bond donors (Lipinski definition) is 0. The van der Waals surface area contributed by atoms with Crippen molar-refractivity contribution in [2.45, 2.75) is 38.6 Å². The predicted octanol–water partition coefficient (Wildman–Crippen LogP) is 3.55. The molecule has 2 rings (SSSR count). The highest BCUT2D eigenvalue weighted by Gasteiger charge is 2.20. The first-order valence-electron chi connectivity index (χ1n) is 7.04. The Labute approximate surface area is 125 Å². The lowest BCUT2D eigenvalue weighted by Gasteiger charge is -2.20. The van der Waals surface area contributed by atoms with Crippen molar-refractivity contribution in [1.29, 1.82) is 0 Å². The van der Waals surface area contributed by atoms with Crippen molar-refractivity contribution in [1.82, 2.24) is 19.4 Å². The highest BCUT2D eigenvalue weighted by atomic mass is 35.5. The molecule has 2 atom stereocenters. The molecule has 2 aromatic rings. The van der Waals surface area contributed by atoms with Gasteiger partial charge in [0.1, 0.15) is 11.3 Å². The first-order valence-corrected chi connectivity index (χ1v) is 7.47. The summed E-state index contributed by atoms with van der Waals surface area (Å²) in [7, 11) is 4.18. The van der Waals surface area contributed by atoms with E-state index in [1.807, 2.05) is 19.2 Å². The second-order valence-electron chi connectivity index (χ2n) is 5.70. The smallest absolute Gasteiger partial charge is 0.160 e. The van der Waals surface area contributed by atoms with Gasteiger partial charge in [-0.25, -0.2) is 9.97 Å². The van der Waals surface area contributed by atoms with Crippen molar-refractivity contribution >= 4 is 22.8 Å². The van der Waals surface area contributed by atoms with Crippen LogP contribution in [0.25, 0.3) is 11.2 Å². The molecule has 0 spiro atoms. The minimum atomic E-state index is -0.120. The van der Waals surface area contributed by atoms with Gasteiger partial charge < -0.3 is 9.47 Å². The second kappa shape index (κ2) is 6.10. The molecule has 0 N–H and O–H groups in total. The van der Waals surface area contributed by atoms with E-state index in [0.29, 0.717) is 6.04 Å². The Kier molecular flexibility index (Phi) is 4.66. The Morgan fingerprint density at radius 2 is 2.05 bits per heavy atom. The Bertz CT molecular complexity index is 589. The highest BCUT2D eigenvalue weighted by molar-refractivity contribution is 6.20. The lowest BCUT2D eigenvalue weighted by atomic mass is 10.2. The maximum atomic E-state index is 6.32. The number of nitrogens with zero attached hydrogens (tertiary/aromatic N) is 4. The van der Waals surface area contributed by atoms with E-state index in [1.165, 1.54) is 0 Å². The van der Waals surface area contributed by atoms with Crippen molar-refractivity contribution in [2.75, 3.05) is 20.6 Å². The Morgan fingerprint density at radius 3 is 2.65 bits per heavy atom. The summed E-state index contributed by atoms with van der Waals surface area (Å²) in [6.07, 6.45) is 2.89. The monoisotopic (exact) mass is 294 g/mol. The molecule has 110 valence electrons. The summed E-state index contributed by atoms with van der Waals surface area (Å²) in [6, 6.07) is 2.32. The van der Waals surface area contributed by atoms with Crippen LogP contribution in [-0.2, 0) is 0 Å². The van der Waals surface area contributed by atoms with Gasteiger partial charge in [0.25, 0.3) is 0 Å². The number of fused-ring (bicyclic) bond motifs is 1. The number of alkyl halides is 1. The molecule has 2 heterocycles. The number of halogens is 1. The molecule has 2 unspecified atom stereocenters. The van der Waals surface area contributed by atoms with Crippen LogP contribution in [0.5, 0.6) is 0 Å². The topological polar surface area (TPSA) is 34.0 Å². The summed E-state index contributed by atoms with van der Waals surface area (Å²) >= 11 is 6.32. The van der Waals surface area contributed by atoms with Crippen molar-refractivity contribution in [3.8, 4) is 0 Å². The second-order valence-corrected chi connectivity index (χ2v) is 6.35. The average Bonchev–Trinajstić information content (AvgIpc) is 2.77. The largest absolute Gasteiger partial charge is 0.309 e. The van der Waals surface area contributed by atoms with Crippen LogP contribution in [0.1, 0.15) is 43.1 Å². The van der Waals surface area contributed by atoms with Crippen molar-refractivity contribution in [3.05, 3.63) is 23.7 Å². The summed E-state index contributed by atoms with van der Waals surface area (Å²) in [5.41, 5.74) is 3.05. The van der Waals surface area contributed by atoms with Gasteiger partial charge in [-0.2, -0.15) is 0 Å². The maximum absolute atomic E-state index is 6.32. The molecule has 4 nitrogen and oxygen atoms in total. The molecule has 5 heteroatoms. The summed E-state index contributed by atoms with van der Waals surface area (Å²) in [5, 5.41) is -0.120. The van der Waals surface area contributed by atoms with Gasteiger partial charge in [-0.1, -0.05) is 0 Å². The summed E-state index contributed by atoms with van der Waals surface area (Å²) in [5.74, 6) is 0.912. The fourth-order valence-corrected chi connectivity index (χ4v) is 2.57. The maximum Gasteiger partial charge on any atom is 0.160 e. The van der Waals surface area contributed by atoms with E-state index in [2.05, 4.69) is 42.4 Å². The van der Waals surface area contributed by atoms with Crippen molar-refractivity contribution in [2.24, 2.45) is 0 Å². The number of rotatable bonds is 5. The molecule has 2 aromatic heterocycles. The van der Waals surface area contributed by atoms with Gasteiger partial charge in [-0.05, 0) is 59.5 Å². The quantitative estimate of drug-likeness (QED) is 0.791. The zero-order valence-corrected chi connectivity index (χ0v) is 13.6. The predicted molar refractivity (Wildman–Crippen MR) is 84.4 cm³/mol. The van der Waals surface area contributed by atoms with E-state index < -0.39 is 0 Å². The van der Waals surface area contributed by atoms with E-state index in [0.717, 1.165) is 35.5 Å². The molecule has 0 radical (unpaired) electrons. The van der Waals surface area contributed by atoms with Crippen LogP contribution in [0, 0.1) is 6.92 Å². The molecule has 0 aliphatic rings. The number of hydrogen-bond acceptors (Lipinski definition) is 3. The molecular formula is C15H23ClN4. The fourth-order valence-electron chi connectivity index (χ4n) is 2.42. The van der Waals surface area contributed by atoms with Crippen LogP contribution in [-0.4, -0.2) is 40.1 Å². The molecule has 0 amide bonds. The Balaban J connectivity index is 2.48. The van der Waals surface area contributed by atoms with Gasteiger partial charge in [0.15, 0.2) is 5.65 Å². The zero-order chi connectivity index (χ0) is 14.9. The third-order valence-corrected chi connectivity index (χ3v) is 3.79. The summed E-state index contributed by atoms with van der Waals surface area (Å²) in [4.78, 5) is 11.4. The van der Waals surface area contributed by atoms with E-state index in [4.69, 9.17) is 16.6 Å². The molecule has 0 bridgehead atoms. The number of aryl methyl sites for hydroxylation is 1. The van der Waals surface area contributed by atoms with E-state index in [1.54, 1.807) is 0 Å². The first kappa shape index (κ1) is 15.3. The molecule has 0 fully saturated rings. The van der Waals surface area contributed by atoms with Crippen LogP contribution < -0.4 is 0 Å². The van der Waals surface area contributed by atoms with E-state index >= 15 is 0 Å². The minimum Gasteiger partial charge on any atom is -0.309 e. The lowest BCUT2D eigenvalue weighted by Crippen LogP contribution is -2.19. The van der Waals surface area contributed by atoms with Gasteiger partial charge in [-0.15, -0.1) is 11.6 Å². The van der Waals surface area contributed by atoms with Crippen molar-refractivity contribution < 1.29 is 0 Å². The number of pyridine rings is 1. The molecule has 20 heavy (non-hydrogen) atoms. The molecule has 0 saturated carbocycles. The van der Waals surface area contributed by atoms with Crippen LogP contribution in [0.2, 0.25) is 0 Å². The third kappa shape index (κ3) is 2.96. The average molecular weight is 295 g/mol.